The molecular formula is C6H13NO4. The van der Waals surface area contributed by atoms with Crippen LogP contribution in [0.5, 0.6) is 0 Å². The summed E-state index contributed by atoms with van der Waals surface area (Å²) in [6, 6.07) is 0. The van der Waals surface area contributed by atoms with E-state index in [9.17, 15) is 4.79 Å². The van der Waals surface area contributed by atoms with Crippen LogP contribution < -0.4 is 5.73 Å². The summed E-state index contributed by atoms with van der Waals surface area (Å²) in [5, 5.41) is 26.9. The Kier molecular flexibility index (Phi) is 3.61. The van der Waals surface area contributed by atoms with E-state index in [1.54, 1.807) is 0 Å². The number of hydrogen-bond acceptors (Lipinski definition) is 5. The third kappa shape index (κ3) is 2.55. The maximum Gasteiger partial charge on any atom is 0.166 e. The van der Waals surface area contributed by atoms with E-state index < -0.39 is 17.9 Å². The molecule has 0 rings (SSSR count). The van der Waals surface area contributed by atoms with Crippen molar-refractivity contribution in [1.82, 2.24) is 0 Å². The predicted octanol–water partition coefficient (Wildman–Crippen LogP) is -2.04. The van der Waals surface area contributed by atoms with E-state index >= 15 is 0 Å². The summed E-state index contributed by atoms with van der Waals surface area (Å²) in [6.07, 6.45) is -2.58. The van der Waals surface area contributed by atoms with Gasteiger partial charge in [0.2, 0.25) is 0 Å². The molecule has 0 fully saturated rings. The second-order valence-electron chi connectivity index (χ2n) is 2.48. The molecule has 0 saturated carbocycles. The summed E-state index contributed by atoms with van der Waals surface area (Å²) in [7, 11) is 0. The highest BCUT2D eigenvalue weighted by molar-refractivity contribution is 5.50. The molecule has 0 aromatic heterocycles. The molecule has 3 atom stereocenters. The standard InChI is InChI=1S/C6H13NO4/c1-4(9)6(7,11)5(10)2-3-8/h3-5,9-11H,2,7H2,1H3/t4-,5-,6-/m1/s1. The van der Waals surface area contributed by atoms with Gasteiger partial charge in [0, 0.05) is 6.42 Å². The molecule has 0 heterocycles. The molecule has 11 heavy (non-hydrogen) atoms. The van der Waals surface area contributed by atoms with E-state index in [1.807, 2.05) is 0 Å². The van der Waals surface area contributed by atoms with Gasteiger partial charge in [-0.25, -0.2) is 0 Å². The van der Waals surface area contributed by atoms with E-state index in [1.165, 1.54) is 6.92 Å². The van der Waals surface area contributed by atoms with Gasteiger partial charge in [-0.3, -0.25) is 5.73 Å². The number of hydrogen-bond donors (Lipinski definition) is 4. The van der Waals surface area contributed by atoms with Crippen LogP contribution in [0.15, 0.2) is 0 Å². The number of nitrogens with two attached hydrogens (primary N) is 1. The summed E-state index contributed by atoms with van der Waals surface area (Å²) < 4.78 is 0. The number of aliphatic hydroxyl groups excluding tert-OH is 2. The minimum Gasteiger partial charge on any atom is -0.389 e. The smallest absolute Gasteiger partial charge is 0.166 e. The first-order valence-corrected chi connectivity index (χ1v) is 3.24. The average Bonchev–Trinajstić information content (AvgIpc) is 1.88. The first-order chi connectivity index (χ1) is 4.92. The predicted molar refractivity (Wildman–Crippen MR) is 37.5 cm³/mol. The highest BCUT2D eigenvalue weighted by atomic mass is 16.4. The van der Waals surface area contributed by atoms with Crippen LogP contribution in [0.4, 0.5) is 0 Å². The van der Waals surface area contributed by atoms with Crippen molar-refractivity contribution in [2.45, 2.75) is 31.3 Å². The zero-order valence-electron chi connectivity index (χ0n) is 6.27. The maximum absolute atomic E-state index is 9.88. The van der Waals surface area contributed by atoms with Crippen LogP contribution in [-0.2, 0) is 4.79 Å². The summed E-state index contributed by atoms with van der Waals surface area (Å²) >= 11 is 0. The van der Waals surface area contributed by atoms with Crippen LogP contribution in [0.25, 0.3) is 0 Å². The van der Waals surface area contributed by atoms with Gasteiger partial charge in [-0.1, -0.05) is 0 Å². The van der Waals surface area contributed by atoms with Crippen LogP contribution in [0, 0.1) is 0 Å². The van der Waals surface area contributed by atoms with Gasteiger partial charge in [0.15, 0.2) is 5.72 Å². The zero-order valence-corrected chi connectivity index (χ0v) is 6.27. The van der Waals surface area contributed by atoms with Crippen LogP contribution in [-0.4, -0.2) is 39.5 Å². The normalized spacial score (nSPS) is 21.9. The minimum absolute atomic E-state index is 0.294. The summed E-state index contributed by atoms with van der Waals surface area (Å²) in [5.41, 5.74) is 2.98. The van der Waals surface area contributed by atoms with Gasteiger partial charge in [-0.15, -0.1) is 0 Å². The van der Waals surface area contributed by atoms with Crippen LogP contribution in [0.1, 0.15) is 13.3 Å². The molecule has 66 valence electrons. The van der Waals surface area contributed by atoms with Crippen molar-refractivity contribution in [2.24, 2.45) is 5.73 Å². The Hall–Kier alpha value is -0.490. The highest BCUT2D eigenvalue weighted by Crippen LogP contribution is 2.10. The van der Waals surface area contributed by atoms with Crippen molar-refractivity contribution in [3.05, 3.63) is 0 Å². The van der Waals surface area contributed by atoms with Gasteiger partial charge in [0.1, 0.15) is 12.4 Å². The van der Waals surface area contributed by atoms with Crippen molar-refractivity contribution < 1.29 is 20.1 Å². The summed E-state index contributed by atoms with van der Waals surface area (Å²) in [4.78, 5) is 9.88. The second kappa shape index (κ2) is 3.77. The van der Waals surface area contributed by atoms with E-state index in [0.29, 0.717) is 6.29 Å². The first-order valence-electron chi connectivity index (χ1n) is 3.24. The molecule has 5 N–H and O–H groups in total. The fraction of sp³-hybridized carbons (Fsp3) is 0.833. The molecule has 0 aliphatic carbocycles. The van der Waals surface area contributed by atoms with Gasteiger partial charge in [0.05, 0.1) is 6.10 Å². The molecule has 0 aliphatic rings. The molecule has 0 aliphatic heterocycles. The third-order valence-electron chi connectivity index (χ3n) is 1.52. The van der Waals surface area contributed by atoms with Crippen LogP contribution in [0.3, 0.4) is 0 Å². The van der Waals surface area contributed by atoms with Crippen molar-refractivity contribution in [2.75, 3.05) is 0 Å². The SMILES string of the molecule is C[C@@H](O)[C@@](N)(O)[C@H](O)CC=O. The number of aldehydes is 1. The van der Waals surface area contributed by atoms with Gasteiger partial charge in [-0.05, 0) is 6.92 Å². The molecular weight excluding hydrogens is 150 g/mol. The fourth-order valence-corrected chi connectivity index (χ4v) is 0.558. The lowest BCUT2D eigenvalue weighted by molar-refractivity contribution is -0.142. The lowest BCUT2D eigenvalue weighted by Crippen LogP contribution is -2.58. The summed E-state index contributed by atoms with van der Waals surface area (Å²) in [6.45, 7) is 1.23. The molecule has 0 aromatic carbocycles. The quantitative estimate of drug-likeness (QED) is 0.282. The summed E-state index contributed by atoms with van der Waals surface area (Å²) in [5.74, 6) is 0. The Morgan fingerprint density at radius 2 is 2.09 bits per heavy atom. The number of carbonyl (C=O) groups excluding carboxylic acids is 1. The molecule has 0 spiro atoms. The van der Waals surface area contributed by atoms with Crippen molar-refractivity contribution in [3.63, 3.8) is 0 Å². The average molecular weight is 163 g/mol. The van der Waals surface area contributed by atoms with Gasteiger partial charge in [-0.2, -0.15) is 0 Å². The Balaban J connectivity index is 4.16. The van der Waals surface area contributed by atoms with Crippen molar-refractivity contribution >= 4 is 6.29 Å². The molecule has 0 radical (unpaired) electrons. The monoisotopic (exact) mass is 163 g/mol. The molecule has 5 heteroatoms. The largest absolute Gasteiger partial charge is 0.389 e. The van der Waals surface area contributed by atoms with Crippen molar-refractivity contribution in [3.8, 4) is 0 Å². The molecule has 0 aromatic rings. The fourth-order valence-electron chi connectivity index (χ4n) is 0.558. The zero-order chi connectivity index (χ0) is 9.07. The maximum atomic E-state index is 9.88. The van der Waals surface area contributed by atoms with Crippen LogP contribution in [0.2, 0.25) is 0 Å². The number of rotatable bonds is 4. The molecule has 0 saturated heterocycles. The highest BCUT2D eigenvalue weighted by Gasteiger charge is 2.35. The third-order valence-corrected chi connectivity index (χ3v) is 1.52. The number of aliphatic hydroxyl groups is 3. The van der Waals surface area contributed by atoms with E-state index in [4.69, 9.17) is 21.1 Å². The van der Waals surface area contributed by atoms with Gasteiger partial charge < -0.3 is 20.1 Å². The second-order valence-corrected chi connectivity index (χ2v) is 2.48. The lowest BCUT2D eigenvalue weighted by atomic mass is 10.0. The van der Waals surface area contributed by atoms with Crippen molar-refractivity contribution in [1.29, 1.82) is 0 Å². The Morgan fingerprint density at radius 3 is 2.36 bits per heavy atom. The molecule has 0 amide bonds. The Bertz CT molecular complexity index is 135. The molecule has 0 bridgehead atoms. The topological polar surface area (TPSA) is 104 Å². The van der Waals surface area contributed by atoms with E-state index in [-0.39, 0.29) is 6.42 Å². The van der Waals surface area contributed by atoms with Gasteiger partial charge in [0.25, 0.3) is 0 Å². The molecule has 5 nitrogen and oxygen atoms in total. The Labute approximate surface area is 64.4 Å². The van der Waals surface area contributed by atoms with E-state index in [0.717, 1.165) is 0 Å². The van der Waals surface area contributed by atoms with Crippen LogP contribution >= 0.6 is 0 Å². The Morgan fingerprint density at radius 1 is 1.64 bits per heavy atom. The van der Waals surface area contributed by atoms with E-state index in [2.05, 4.69) is 0 Å². The molecule has 0 unspecified atom stereocenters. The first kappa shape index (κ1) is 10.5. The minimum atomic E-state index is -2.11. The lowest BCUT2D eigenvalue weighted by Gasteiger charge is -2.30. The van der Waals surface area contributed by atoms with Gasteiger partial charge >= 0.3 is 0 Å². The number of carbonyl (C=O) groups is 1.